The van der Waals surface area contributed by atoms with Crippen LogP contribution in [-0.4, -0.2) is 48.9 Å². The highest BCUT2D eigenvalue weighted by molar-refractivity contribution is 6.34. The van der Waals surface area contributed by atoms with Crippen molar-refractivity contribution in [1.82, 2.24) is 10.2 Å². The van der Waals surface area contributed by atoms with Gasteiger partial charge in [0.1, 0.15) is 11.5 Å². The molecule has 5 rings (SSSR count). The monoisotopic (exact) mass is 473 g/mol. The summed E-state index contributed by atoms with van der Waals surface area (Å²) in [4.78, 5) is 42.5. The van der Waals surface area contributed by atoms with Gasteiger partial charge in [-0.05, 0) is 87.5 Å². The molecule has 8 heteroatoms. The Balaban J connectivity index is 1.31. The number of ether oxygens (including phenoxy) is 1. The maximum Gasteiger partial charge on any atom is 0.266 e. The number of carbonyl (C=O) groups is 3. The van der Waals surface area contributed by atoms with Crippen LogP contribution in [0.4, 0.5) is 5.69 Å². The molecule has 180 valence electrons. The largest absolute Gasteiger partial charge is 0.494 e. The topological polar surface area (TPSA) is 92.1 Å². The molecule has 0 aliphatic carbocycles. The summed E-state index contributed by atoms with van der Waals surface area (Å²) in [5.41, 5.74) is 1.29. The lowest BCUT2D eigenvalue weighted by Crippen LogP contribution is -2.36. The number of furan rings is 1. The molecule has 0 radical (unpaired) electrons. The van der Waals surface area contributed by atoms with Gasteiger partial charge in [0.05, 0.1) is 35.7 Å². The molecule has 3 aromatic rings. The van der Waals surface area contributed by atoms with E-state index in [0.717, 1.165) is 36.6 Å². The van der Waals surface area contributed by atoms with Gasteiger partial charge in [0.15, 0.2) is 0 Å². The summed E-state index contributed by atoms with van der Waals surface area (Å²) < 4.78 is 11.1. The molecule has 2 aromatic carbocycles. The summed E-state index contributed by atoms with van der Waals surface area (Å²) in [5.74, 6) is 0.312. The van der Waals surface area contributed by atoms with Crippen LogP contribution in [0.2, 0.25) is 0 Å². The normalized spacial score (nSPS) is 16.4. The standard InChI is InChI=1S/C27H27N3O5/c1-2-34-20-10-8-19(9-11-20)30-26(32)21-12-7-18(16-22(21)27(30)33)25(31)28-17-23(24-6-5-15-35-24)29-13-3-4-14-29/h5-12,15-16,23H,2-4,13-14,17H2,1H3,(H,28,31). The van der Waals surface area contributed by atoms with Crippen molar-refractivity contribution < 1.29 is 23.5 Å². The van der Waals surface area contributed by atoms with E-state index in [2.05, 4.69) is 10.2 Å². The summed E-state index contributed by atoms with van der Waals surface area (Å²) in [5, 5.41) is 2.98. The second-order valence-corrected chi connectivity index (χ2v) is 8.62. The van der Waals surface area contributed by atoms with E-state index in [9.17, 15) is 14.4 Å². The molecule has 3 heterocycles. The highest BCUT2D eigenvalue weighted by Gasteiger charge is 2.37. The molecule has 8 nitrogen and oxygen atoms in total. The second-order valence-electron chi connectivity index (χ2n) is 8.62. The van der Waals surface area contributed by atoms with Crippen molar-refractivity contribution in [3.05, 3.63) is 83.3 Å². The molecule has 35 heavy (non-hydrogen) atoms. The molecular weight excluding hydrogens is 446 g/mol. The minimum atomic E-state index is -0.450. The predicted octanol–water partition coefficient (Wildman–Crippen LogP) is 4.05. The third-order valence-corrected chi connectivity index (χ3v) is 6.46. The second kappa shape index (κ2) is 9.76. The molecule has 1 fully saturated rings. The van der Waals surface area contributed by atoms with E-state index < -0.39 is 11.8 Å². The molecule has 1 N–H and O–H groups in total. The summed E-state index contributed by atoms with van der Waals surface area (Å²) in [6.07, 6.45) is 3.88. The first kappa shape index (κ1) is 22.9. The van der Waals surface area contributed by atoms with Gasteiger partial charge in [-0.25, -0.2) is 4.90 Å². The van der Waals surface area contributed by atoms with Crippen molar-refractivity contribution in [2.24, 2.45) is 0 Å². The van der Waals surface area contributed by atoms with E-state index in [4.69, 9.17) is 9.15 Å². The van der Waals surface area contributed by atoms with Gasteiger partial charge in [-0.15, -0.1) is 0 Å². The third-order valence-electron chi connectivity index (χ3n) is 6.46. The van der Waals surface area contributed by atoms with Crippen LogP contribution in [0.3, 0.4) is 0 Å². The van der Waals surface area contributed by atoms with Crippen molar-refractivity contribution in [2.75, 3.05) is 31.1 Å². The lowest BCUT2D eigenvalue weighted by Gasteiger charge is -2.26. The van der Waals surface area contributed by atoms with Gasteiger partial charge < -0.3 is 14.5 Å². The van der Waals surface area contributed by atoms with Crippen LogP contribution in [0.5, 0.6) is 5.75 Å². The predicted molar refractivity (Wildman–Crippen MR) is 130 cm³/mol. The van der Waals surface area contributed by atoms with Crippen LogP contribution in [0.1, 0.15) is 62.6 Å². The molecule has 1 aromatic heterocycles. The first-order chi connectivity index (χ1) is 17.1. The maximum absolute atomic E-state index is 13.1. The zero-order valence-corrected chi connectivity index (χ0v) is 19.5. The minimum Gasteiger partial charge on any atom is -0.494 e. The number of nitrogens with zero attached hydrogens (tertiary/aromatic N) is 2. The van der Waals surface area contributed by atoms with Gasteiger partial charge in [-0.1, -0.05) is 0 Å². The smallest absolute Gasteiger partial charge is 0.266 e. The number of nitrogens with one attached hydrogen (secondary N) is 1. The van der Waals surface area contributed by atoms with Gasteiger partial charge >= 0.3 is 0 Å². The summed E-state index contributed by atoms with van der Waals surface area (Å²) in [7, 11) is 0. The molecule has 2 aliphatic heterocycles. The Morgan fingerprint density at radius 1 is 1.03 bits per heavy atom. The van der Waals surface area contributed by atoms with E-state index in [1.807, 2.05) is 19.1 Å². The Kier molecular flexibility index (Phi) is 6.37. The number of imide groups is 1. The van der Waals surface area contributed by atoms with Gasteiger partial charge in [-0.2, -0.15) is 0 Å². The number of benzene rings is 2. The fraction of sp³-hybridized carbons (Fsp3) is 0.296. The van der Waals surface area contributed by atoms with Crippen molar-refractivity contribution in [3.8, 4) is 5.75 Å². The third kappa shape index (κ3) is 4.44. The number of rotatable bonds is 8. The molecule has 0 saturated carbocycles. The number of anilines is 1. The highest BCUT2D eigenvalue weighted by atomic mass is 16.5. The number of hydrogen-bond donors (Lipinski definition) is 1. The first-order valence-electron chi connectivity index (χ1n) is 11.9. The summed E-state index contributed by atoms with van der Waals surface area (Å²) in [6, 6.07) is 15.1. The average molecular weight is 474 g/mol. The van der Waals surface area contributed by atoms with E-state index in [1.165, 1.54) is 6.07 Å². The Bertz CT molecular complexity index is 1230. The van der Waals surface area contributed by atoms with E-state index in [0.29, 0.717) is 30.2 Å². The van der Waals surface area contributed by atoms with E-state index in [-0.39, 0.29) is 23.1 Å². The minimum absolute atomic E-state index is 0.0516. The Morgan fingerprint density at radius 3 is 2.46 bits per heavy atom. The lowest BCUT2D eigenvalue weighted by atomic mass is 10.1. The van der Waals surface area contributed by atoms with Crippen molar-refractivity contribution >= 4 is 23.4 Å². The van der Waals surface area contributed by atoms with Crippen LogP contribution in [0, 0.1) is 0 Å². The molecule has 2 aliphatic rings. The van der Waals surface area contributed by atoms with Crippen molar-refractivity contribution in [3.63, 3.8) is 0 Å². The number of amides is 3. The van der Waals surface area contributed by atoms with Crippen LogP contribution in [0.15, 0.2) is 65.3 Å². The maximum atomic E-state index is 13.1. The van der Waals surface area contributed by atoms with Crippen LogP contribution in [0.25, 0.3) is 0 Å². The number of likely N-dealkylation sites (tertiary alicyclic amines) is 1. The quantitative estimate of drug-likeness (QED) is 0.497. The fourth-order valence-corrected chi connectivity index (χ4v) is 4.71. The SMILES string of the molecule is CCOc1ccc(N2C(=O)c3ccc(C(=O)NCC(c4ccco4)N4CCCC4)cc3C2=O)cc1. The Morgan fingerprint density at radius 2 is 1.77 bits per heavy atom. The van der Waals surface area contributed by atoms with Gasteiger partial charge in [0.25, 0.3) is 17.7 Å². The fourth-order valence-electron chi connectivity index (χ4n) is 4.71. The summed E-state index contributed by atoms with van der Waals surface area (Å²) >= 11 is 0. The zero-order valence-electron chi connectivity index (χ0n) is 19.5. The molecule has 1 unspecified atom stereocenters. The van der Waals surface area contributed by atoms with Gasteiger partial charge in [0, 0.05) is 12.1 Å². The lowest BCUT2D eigenvalue weighted by molar-refractivity contribution is 0.0920. The molecular formula is C27H27N3O5. The Labute approximate surface area is 203 Å². The highest BCUT2D eigenvalue weighted by Crippen LogP contribution is 2.30. The molecule has 0 spiro atoms. The van der Waals surface area contributed by atoms with Crippen molar-refractivity contribution in [1.29, 1.82) is 0 Å². The molecule has 1 atom stereocenters. The first-order valence-corrected chi connectivity index (χ1v) is 11.9. The molecule has 0 bridgehead atoms. The van der Waals surface area contributed by atoms with E-state index >= 15 is 0 Å². The average Bonchev–Trinajstić information content (AvgIpc) is 3.64. The van der Waals surface area contributed by atoms with Crippen LogP contribution >= 0.6 is 0 Å². The molecule has 1 saturated heterocycles. The summed E-state index contributed by atoms with van der Waals surface area (Å²) in [6.45, 7) is 4.71. The van der Waals surface area contributed by atoms with E-state index in [1.54, 1.807) is 42.7 Å². The van der Waals surface area contributed by atoms with Crippen LogP contribution in [-0.2, 0) is 0 Å². The number of carbonyl (C=O) groups excluding carboxylic acids is 3. The number of hydrogen-bond acceptors (Lipinski definition) is 6. The van der Waals surface area contributed by atoms with Crippen molar-refractivity contribution in [2.45, 2.75) is 25.8 Å². The van der Waals surface area contributed by atoms with Gasteiger partial charge in [-0.3, -0.25) is 19.3 Å². The van der Waals surface area contributed by atoms with Gasteiger partial charge in [0.2, 0.25) is 0 Å². The molecule has 3 amide bonds. The number of fused-ring (bicyclic) bond motifs is 1. The Hall–Kier alpha value is -3.91. The van der Waals surface area contributed by atoms with Crippen LogP contribution < -0.4 is 15.0 Å². The zero-order chi connectivity index (χ0) is 24.4.